The molecule has 0 aromatic carbocycles. The van der Waals surface area contributed by atoms with E-state index < -0.39 is 44.2 Å². The maximum absolute atomic E-state index is 13.3. The molecule has 0 spiro atoms. The Morgan fingerprint density at radius 3 is 2.24 bits per heavy atom. The number of aryl methyl sites for hydroxylation is 2. The minimum atomic E-state index is -4.73. The quantitative estimate of drug-likeness (QED) is 0.308. The molecule has 0 N–H and O–H groups in total. The molecule has 200 valence electrons. The molecule has 5 aromatic rings. The van der Waals surface area contributed by atoms with Crippen LogP contribution in [0.3, 0.4) is 0 Å². The SMILES string of the molecule is CCS(=O)(=O)c1nn2c(-c3cc(C(F)(F)F)nn3C)ccnc2c1-c1nc2cc(C(F)(F)F)cnc2n1C. The van der Waals surface area contributed by atoms with Gasteiger partial charge in [0.1, 0.15) is 16.9 Å². The summed E-state index contributed by atoms with van der Waals surface area (Å²) in [6.07, 6.45) is -7.55. The largest absolute Gasteiger partial charge is 0.435 e. The van der Waals surface area contributed by atoms with Gasteiger partial charge in [0.05, 0.1) is 22.7 Å². The van der Waals surface area contributed by atoms with Gasteiger partial charge in [0.2, 0.25) is 0 Å². The maximum atomic E-state index is 13.3. The molecule has 10 nitrogen and oxygen atoms in total. The number of imidazole rings is 1. The van der Waals surface area contributed by atoms with Crippen molar-refractivity contribution >= 4 is 26.6 Å². The summed E-state index contributed by atoms with van der Waals surface area (Å²) >= 11 is 0. The summed E-state index contributed by atoms with van der Waals surface area (Å²) < 4.78 is 109. The average Bonchev–Trinajstić information content (AvgIpc) is 3.51. The lowest BCUT2D eigenvalue weighted by molar-refractivity contribution is -0.141. The Balaban J connectivity index is 1.83. The molecule has 0 aliphatic rings. The number of pyridine rings is 1. The lowest BCUT2D eigenvalue weighted by Gasteiger charge is -2.06. The third-order valence-electron chi connectivity index (χ3n) is 5.85. The van der Waals surface area contributed by atoms with E-state index in [0.717, 1.165) is 21.3 Å². The zero-order valence-corrected chi connectivity index (χ0v) is 20.5. The summed E-state index contributed by atoms with van der Waals surface area (Å²) in [5.41, 5.74) is -2.58. The zero-order chi connectivity index (χ0) is 27.8. The van der Waals surface area contributed by atoms with Crippen molar-refractivity contribution in [3.63, 3.8) is 0 Å². The second kappa shape index (κ2) is 8.24. The third kappa shape index (κ3) is 3.97. The monoisotopic (exact) mass is 558 g/mol. The number of rotatable bonds is 4. The van der Waals surface area contributed by atoms with E-state index in [0.29, 0.717) is 6.20 Å². The van der Waals surface area contributed by atoms with Crippen molar-refractivity contribution in [1.82, 2.24) is 38.9 Å². The Morgan fingerprint density at radius 2 is 1.63 bits per heavy atom. The number of hydrogen-bond donors (Lipinski definition) is 0. The van der Waals surface area contributed by atoms with Crippen molar-refractivity contribution in [2.75, 3.05) is 5.75 Å². The Kier molecular flexibility index (Phi) is 5.56. The standard InChI is InChI=1S/C21H16F6N8O2S/c1-4-38(36,37)19-15(18-30-11-7-10(20(22,23)24)9-29-16(11)33(18)2)17-28-6-5-12(35(17)32-19)13-8-14(21(25,26)27)31-34(13)3/h5-9H,4H2,1-3H3. The van der Waals surface area contributed by atoms with Crippen LogP contribution in [0.1, 0.15) is 18.2 Å². The number of sulfone groups is 1. The second-order valence-corrected chi connectivity index (χ2v) is 10.4. The smallest absolute Gasteiger partial charge is 0.312 e. The summed E-state index contributed by atoms with van der Waals surface area (Å²) in [4.78, 5) is 12.3. The van der Waals surface area contributed by atoms with Crippen molar-refractivity contribution in [1.29, 1.82) is 0 Å². The van der Waals surface area contributed by atoms with E-state index in [-0.39, 0.29) is 39.6 Å². The lowest BCUT2D eigenvalue weighted by atomic mass is 10.2. The first-order valence-electron chi connectivity index (χ1n) is 10.8. The normalized spacial score (nSPS) is 13.2. The van der Waals surface area contributed by atoms with E-state index in [1.807, 2.05) is 0 Å². The number of nitrogens with zero attached hydrogens (tertiary/aromatic N) is 8. The van der Waals surface area contributed by atoms with Gasteiger partial charge in [-0.3, -0.25) is 4.68 Å². The van der Waals surface area contributed by atoms with Gasteiger partial charge < -0.3 is 4.57 Å². The van der Waals surface area contributed by atoms with Crippen LogP contribution in [0.25, 0.3) is 39.6 Å². The molecule has 0 aliphatic carbocycles. The Labute approximate surface area is 209 Å². The van der Waals surface area contributed by atoms with Gasteiger partial charge in [-0.1, -0.05) is 6.92 Å². The van der Waals surface area contributed by atoms with Gasteiger partial charge in [-0.2, -0.15) is 36.5 Å². The highest BCUT2D eigenvalue weighted by atomic mass is 32.2. The van der Waals surface area contributed by atoms with Crippen molar-refractivity contribution in [3.05, 3.63) is 41.9 Å². The molecule has 5 rings (SSSR count). The molecule has 38 heavy (non-hydrogen) atoms. The molecule has 17 heteroatoms. The van der Waals surface area contributed by atoms with Gasteiger partial charge >= 0.3 is 12.4 Å². The Morgan fingerprint density at radius 1 is 0.921 bits per heavy atom. The summed E-state index contributed by atoms with van der Waals surface area (Å²) in [7, 11) is -1.37. The molecular weight excluding hydrogens is 542 g/mol. The van der Waals surface area contributed by atoms with E-state index in [2.05, 4.69) is 25.1 Å². The third-order valence-corrected chi connectivity index (χ3v) is 7.49. The number of alkyl halides is 6. The van der Waals surface area contributed by atoms with E-state index in [1.54, 1.807) is 0 Å². The topological polar surface area (TPSA) is 113 Å². The first-order chi connectivity index (χ1) is 17.6. The van der Waals surface area contributed by atoms with Crippen molar-refractivity contribution in [2.45, 2.75) is 24.3 Å². The van der Waals surface area contributed by atoms with E-state index in [9.17, 15) is 34.8 Å². The zero-order valence-electron chi connectivity index (χ0n) is 19.7. The van der Waals surface area contributed by atoms with Gasteiger partial charge in [-0.25, -0.2) is 27.9 Å². The molecular formula is C21H16F6N8O2S. The van der Waals surface area contributed by atoms with Crippen LogP contribution in [-0.4, -0.2) is 53.1 Å². The van der Waals surface area contributed by atoms with Crippen LogP contribution in [0.4, 0.5) is 26.3 Å². The molecule has 0 aliphatic heterocycles. The van der Waals surface area contributed by atoms with Crippen LogP contribution in [0.5, 0.6) is 0 Å². The first kappa shape index (κ1) is 25.6. The second-order valence-electron chi connectivity index (χ2n) is 8.24. The molecule has 0 fully saturated rings. The molecule has 0 saturated heterocycles. The molecule has 0 atom stereocenters. The van der Waals surface area contributed by atoms with Gasteiger partial charge in [0.25, 0.3) is 0 Å². The maximum Gasteiger partial charge on any atom is 0.435 e. The highest BCUT2D eigenvalue weighted by Crippen LogP contribution is 2.37. The predicted molar refractivity (Wildman–Crippen MR) is 120 cm³/mol. The van der Waals surface area contributed by atoms with E-state index in [4.69, 9.17) is 0 Å². The number of hydrogen-bond acceptors (Lipinski definition) is 7. The Bertz CT molecular complexity index is 1830. The minimum Gasteiger partial charge on any atom is -0.312 e. The molecule has 0 saturated carbocycles. The van der Waals surface area contributed by atoms with Crippen LogP contribution >= 0.6 is 0 Å². The molecule has 5 heterocycles. The number of fused-ring (bicyclic) bond motifs is 2. The van der Waals surface area contributed by atoms with Crippen molar-refractivity contribution < 1.29 is 34.8 Å². The van der Waals surface area contributed by atoms with Gasteiger partial charge in [-0.05, 0) is 18.2 Å². The molecule has 0 bridgehead atoms. The summed E-state index contributed by atoms with van der Waals surface area (Å²) in [6, 6.07) is 2.88. The fourth-order valence-corrected chi connectivity index (χ4v) is 4.94. The first-order valence-corrected chi connectivity index (χ1v) is 12.4. The molecule has 0 radical (unpaired) electrons. The predicted octanol–water partition coefficient (Wildman–Crippen LogP) is 3.91. The highest BCUT2D eigenvalue weighted by Gasteiger charge is 2.36. The molecule has 5 aromatic heterocycles. The van der Waals surface area contributed by atoms with Crippen LogP contribution in [0, 0.1) is 0 Å². The fourth-order valence-electron chi connectivity index (χ4n) is 3.97. The average molecular weight is 558 g/mol. The molecule has 0 unspecified atom stereocenters. The minimum absolute atomic E-state index is 0.0322. The Hall–Kier alpha value is -4.02. The van der Waals surface area contributed by atoms with Crippen molar-refractivity contribution in [3.8, 4) is 22.8 Å². The van der Waals surface area contributed by atoms with E-state index >= 15 is 0 Å². The van der Waals surface area contributed by atoms with E-state index in [1.165, 1.54) is 37.8 Å². The summed E-state index contributed by atoms with van der Waals surface area (Å²) in [6.45, 7) is 1.36. The summed E-state index contributed by atoms with van der Waals surface area (Å²) in [5, 5.41) is 7.17. The number of halogens is 6. The van der Waals surface area contributed by atoms with Gasteiger partial charge in [0.15, 0.2) is 31.9 Å². The van der Waals surface area contributed by atoms with Crippen LogP contribution in [-0.2, 0) is 36.3 Å². The van der Waals surface area contributed by atoms with Crippen molar-refractivity contribution in [2.24, 2.45) is 14.1 Å². The molecule has 0 amide bonds. The van der Waals surface area contributed by atoms with Crippen LogP contribution in [0.15, 0.2) is 35.6 Å². The number of aromatic nitrogens is 8. The van der Waals surface area contributed by atoms with Gasteiger partial charge in [0, 0.05) is 26.5 Å². The lowest BCUT2D eigenvalue weighted by Crippen LogP contribution is -2.07. The van der Waals surface area contributed by atoms with Crippen LogP contribution < -0.4 is 0 Å². The highest BCUT2D eigenvalue weighted by molar-refractivity contribution is 7.91. The summed E-state index contributed by atoms with van der Waals surface area (Å²) in [5.74, 6) is -0.497. The van der Waals surface area contributed by atoms with Crippen LogP contribution in [0.2, 0.25) is 0 Å². The van der Waals surface area contributed by atoms with Gasteiger partial charge in [-0.15, -0.1) is 0 Å². The fraction of sp³-hybridized carbons (Fsp3) is 0.286.